The molecule has 0 aliphatic heterocycles. The molecule has 0 bridgehead atoms. The molecule has 16 heavy (non-hydrogen) atoms. The van der Waals surface area contributed by atoms with E-state index in [9.17, 15) is 13.2 Å². The quantitative estimate of drug-likeness (QED) is 0.492. The molecule has 1 unspecified atom stereocenters. The highest BCUT2D eigenvalue weighted by atomic mass is 35.5. The van der Waals surface area contributed by atoms with E-state index < -0.39 is 17.2 Å². The van der Waals surface area contributed by atoms with Gasteiger partial charge in [0.2, 0.25) is 0 Å². The molecule has 3 nitrogen and oxygen atoms in total. The van der Waals surface area contributed by atoms with Crippen LogP contribution in [0.25, 0.3) is 0 Å². The molecule has 1 aromatic rings. The van der Waals surface area contributed by atoms with Gasteiger partial charge in [0.1, 0.15) is 17.6 Å². The summed E-state index contributed by atoms with van der Waals surface area (Å²) in [6, 6.07) is 1.64. The molecule has 0 aliphatic carbocycles. The van der Waals surface area contributed by atoms with Crippen LogP contribution in [-0.4, -0.2) is 12.5 Å². The molecule has 0 aromatic heterocycles. The van der Waals surface area contributed by atoms with Crippen molar-refractivity contribution in [2.75, 3.05) is 7.11 Å². The van der Waals surface area contributed by atoms with Crippen LogP contribution in [0.1, 0.15) is 11.6 Å². The minimum atomic E-state index is -3.69. The number of hydrogen-bond donors (Lipinski definition) is 2. The third-order valence-electron chi connectivity index (χ3n) is 2.01. The van der Waals surface area contributed by atoms with Crippen molar-refractivity contribution in [2.45, 2.75) is 11.4 Å². The Morgan fingerprint density at radius 2 is 2.12 bits per heavy atom. The Hall–Kier alpha value is -0.980. The Morgan fingerprint density at radius 1 is 1.50 bits per heavy atom. The topological polar surface area (TPSA) is 47.3 Å². The van der Waals surface area contributed by atoms with Gasteiger partial charge in [0.25, 0.3) is 0 Å². The van der Waals surface area contributed by atoms with Crippen LogP contribution < -0.4 is 16.0 Å². The van der Waals surface area contributed by atoms with Gasteiger partial charge >= 0.3 is 5.38 Å². The molecule has 1 atom stereocenters. The SMILES string of the molecule is COc1ccc(C(NN)C(F)(F)Cl)c(F)c1. The second-order valence-electron chi connectivity index (χ2n) is 3.03. The van der Waals surface area contributed by atoms with Gasteiger partial charge in [0, 0.05) is 11.6 Å². The van der Waals surface area contributed by atoms with Gasteiger partial charge in [-0.2, -0.15) is 8.78 Å². The number of nitrogens with one attached hydrogen (secondary N) is 1. The maximum absolute atomic E-state index is 13.4. The van der Waals surface area contributed by atoms with E-state index in [-0.39, 0.29) is 11.3 Å². The maximum Gasteiger partial charge on any atom is 0.342 e. The normalized spacial score (nSPS) is 13.6. The second kappa shape index (κ2) is 4.90. The second-order valence-corrected chi connectivity index (χ2v) is 3.53. The molecule has 0 fully saturated rings. The third-order valence-corrected chi connectivity index (χ3v) is 2.23. The lowest BCUT2D eigenvalue weighted by Crippen LogP contribution is -2.38. The van der Waals surface area contributed by atoms with E-state index in [1.54, 1.807) is 5.43 Å². The van der Waals surface area contributed by atoms with Crippen LogP contribution in [0, 0.1) is 5.82 Å². The molecule has 0 amide bonds. The summed E-state index contributed by atoms with van der Waals surface area (Å²) in [6.07, 6.45) is 0. The van der Waals surface area contributed by atoms with Crippen molar-refractivity contribution in [3.63, 3.8) is 0 Å². The Balaban J connectivity index is 3.12. The first-order valence-corrected chi connectivity index (χ1v) is 4.64. The van der Waals surface area contributed by atoms with Gasteiger partial charge < -0.3 is 4.74 Å². The first-order valence-electron chi connectivity index (χ1n) is 4.26. The van der Waals surface area contributed by atoms with E-state index in [0.717, 1.165) is 12.1 Å². The van der Waals surface area contributed by atoms with E-state index >= 15 is 0 Å². The van der Waals surface area contributed by atoms with E-state index in [4.69, 9.17) is 22.2 Å². The van der Waals surface area contributed by atoms with Gasteiger partial charge in [-0.15, -0.1) is 0 Å². The summed E-state index contributed by atoms with van der Waals surface area (Å²) < 4.78 is 43.9. The number of hydrogen-bond acceptors (Lipinski definition) is 3. The number of halogens is 4. The number of ether oxygens (including phenoxy) is 1. The van der Waals surface area contributed by atoms with Gasteiger partial charge in [-0.1, -0.05) is 6.07 Å². The monoisotopic (exact) mass is 254 g/mol. The maximum atomic E-state index is 13.4. The summed E-state index contributed by atoms with van der Waals surface area (Å²) in [5.74, 6) is 4.26. The number of hydrazine groups is 1. The van der Waals surface area contributed by atoms with Crippen molar-refractivity contribution in [3.8, 4) is 5.75 Å². The molecule has 7 heteroatoms. The van der Waals surface area contributed by atoms with Crippen molar-refractivity contribution in [3.05, 3.63) is 29.6 Å². The molecular weight excluding hydrogens is 245 g/mol. The highest BCUT2D eigenvalue weighted by molar-refractivity contribution is 6.22. The Morgan fingerprint density at radius 3 is 2.50 bits per heavy atom. The first kappa shape index (κ1) is 13.1. The van der Waals surface area contributed by atoms with Crippen molar-refractivity contribution in [1.82, 2.24) is 5.43 Å². The zero-order valence-electron chi connectivity index (χ0n) is 8.31. The number of rotatable bonds is 4. The molecule has 1 rings (SSSR count). The van der Waals surface area contributed by atoms with Gasteiger partial charge in [0.15, 0.2) is 0 Å². The summed E-state index contributed by atoms with van der Waals surface area (Å²) >= 11 is 4.81. The van der Waals surface area contributed by atoms with Crippen molar-refractivity contribution < 1.29 is 17.9 Å². The van der Waals surface area contributed by atoms with E-state index in [1.165, 1.54) is 13.2 Å². The van der Waals surface area contributed by atoms with Crippen molar-refractivity contribution in [2.24, 2.45) is 5.84 Å². The zero-order valence-corrected chi connectivity index (χ0v) is 9.06. The van der Waals surface area contributed by atoms with Crippen LogP contribution in [0.4, 0.5) is 13.2 Å². The first-order chi connectivity index (χ1) is 7.40. The Labute approximate surface area is 95.3 Å². The lowest BCUT2D eigenvalue weighted by Gasteiger charge is -2.21. The fourth-order valence-corrected chi connectivity index (χ4v) is 1.41. The fourth-order valence-electron chi connectivity index (χ4n) is 1.23. The summed E-state index contributed by atoms with van der Waals surface area (Å²) in [4.78, 5) is 0. The molecule has 0 saturated carbocycles. The lowest BCUT2D eigenvalue weighted by molar-refractivity contribution is 0.0482. The molecule has 0 radical (unpaired) electrons. The average Bonchev–Trinajstić information content (AvgIpc) is 2.19. The van der Waals surface area contributed by atoms with Gasteiger partial charge in [-0.3, -0.25) is 5.84 Å². The highest BCUT2D eigenvalue weighted by Gasteiger charge is 2.39. The van der Waals surface area contributed by atoms with E-state index in [1.807, 2.05) is 0 Å². The summed E-state index contributed by atoms with van der Waals surface area (Å²) in [7, 11) is 1.34. The van der Waals surface area contributed by atoms with Crippen molar-refractivity contribution >= 4 is 11.6 Å². The summed E-state index contributed by atoms with van der Waals surface area (Å²) in [6.45, 7) is 0. The Kier molecular flexibility index (Phi) is 4.01. The van der Waals surface area contributed by atoms with E-state index in [2.05, 4.69) is 0 Å². The number of nitrogens with two attached hydrogens (primary N) is 1. The van der Waals surface area contributed by atoms with E-state index in [0.29, 0.717) is 0 Å². The van der Waals surface area contributed by atoms with Gasteiger partial charge in [-0.25, -0.2) is 9.82 Å². The number of benzene rings is 1. The molecular formula is C9H10ClF3N2O. The predicted molar refractivity (Wildman–Crippen MR) is 53.8 cm³/mol. The highest BCUT2D eigenvalue weighted by Crippen LogP contribution is 2.36. The van der Waals surface area contributed by atoms with Crippen LogP contribution in [0.15, 0.2) is 18.2 Å². The molecule has 90 valence electrons. The summed E-state index contributed by atoms with van der Waals surface area (Å²) in [5, 5.41) is -3.69. The lowest BCUT2D eigenvalue weighted by atomic mass is 10.1. The third kappa shape index (κ3) is 2.78. The van der Waals surface area contributed by atoms with Gasteiger partial charge in [-0.05, 0) is 17.7 Å². The Bertz CT molecular complexity index is 370. The number of alkyl halides is 3. The average molecular weight is 255 g/mol. The molecule has 1 aromatic carbocycles. The molecule has 0 saturated heterocycles. The smallest absolute Gasteiger partial charge is 0.342 e. The number of methoxy groups -OCH3 is 1. The predicted octanol–water partition coefficient (Wildman–Crippen LogP) is 2.17. The molecule has 0 spiro atoms. The van der Waals surface area contributed by atoms with Crippen LogP contribution in [0.5, 0.6) is 5.75 Å². The van der Waals surface area contributed by atoms with Gasteiger partial charge in [0.05, 0.1) is 7.11 Å². The standard InChI is InChI=1S/C9H10ClF3N2O/c1-16-5-2-3-6(7(11)4-5)8(15-14)9(10,12)13/h2-4,8,15H,14H2,1H3. The van der Waals surface area contributed by atoms with Crippen LogP contribution in [0.2, 0.25) is 0 Å². The molecule has 0 heterocycles. The largest absolute Gasteiger partial charge is 0.497 e. The van der Waals surface area contributed by atoms with Crippen LogP contribution in [-0.2, 0) is 0 Å². The van der Waals surface area contributed by atoms with Crippen LogP contribution in [0.3, 0.4) is 0 Å². The zero-order chi connectivity index (χ0) is 12.3. The summed E-state index contributed by atoms with van der Waals surface area (Å²) in [5.41, 5.74) is 1.44. The molecule has 0 aliphatic rings. The van der Waals surface area contributed by atoms with Crippen LogP contribution >= 0.6 is 11.6 Å². The molecule has 3 N–H and O–H groups in total. The minimum absolute atomic E-state index is 0.218. The van der Waals surface area contributed by atoms with Crippen molar-refractivity contribution in [1.29, 1.82) is 0 Å². The fraction of sp³-hybridized carbons (Fsp3) is 0.333. The minimum Gasteiger partial charge on any atom is -0.497 e.